The Hall–Kier alpha value is -1.06. The monoisotopic (exact) mass is 213 g/mol. The first-order chi connectivity index (χ1) is 6.68. The predicted molar refractivity (Wildman–Crippen MR) is 54.7 cm³/mol. The highest BCUT2D eigenvalue weighted by Gasteiger charge is 2.07. The van der Waals surface area contributed by atoms with Crippen LogP contribution in [0.2, 0.25) is 0 Å². The quantitative estimate of drug-likeness (QED) is 0.470. The van der Waals surface area contributed by atoms with Crippen LogP contribution in [-0.4, -0.2) is 11.5 Å². The summed E-state index contributed by atoms with van der Waals surface area (Å²) in [5, 5.41) is 0. The van der Waals surface area contributed by atoms with Gasteiger partial charge in [-0.3, -0.25) is 4.79 Å². The molecular formula is C10H12ClNO2. The zero-order chi connectivity index (χ0) is 10.4. The van der Waals surface area contributed by atoms with Crippen molar-refractivity contribution in [1.82, 2.24) is 0 Å². The minimum atomic E-state index is -0.668. The highest BCUT2D eigenvalue weighted by molar-refractivity contribution is 6.21. The first kappa shape index (κ1) is 11.0. The van der Waals surface area contributed by atoms with Gasteiger partial charge in [-0.05, 0) is 5.56 Å². The molecule has 0 saturated carbocycles. The molecule has 1 rings (SSSR count). The zero-order valence-electron chi connectivity index (χ0n) is 7.65. The fraction of sp³-hybridized carbons (Fsp3) is 0.300. The van der Waals surface area contributed by atoms with E-state index in [1.807, 2.05) is 30.3 Å². The summed E-state index contributed by atoms with van der Waals surface area (Å²) in [7, 11) is 0. The number of hydrogen-bond acceptors (Lipinski definition) is 3. The number of alkyl halides is 1. The molecule has 0 aromatic heterocycles. The van der Waals surface area contributed by atoms with Gasteiger partial charge in [-0.2, -0.15) is 0 Å². The summed E-state index contributed by atoms with van der Waals surface area (Å²) in [6.45, 7) is 0.267. The molecule has 0 radical (unpaired) electrons. The third kappa shape index (κ3) is 4.25. The number of carbonyl (C=O) groups is 1. The second kappa shape index (κ2) is 5.62. The third-order valence-electron chi connectivity index (χ3n) is 1.60. The van der Waals surface area contributed by atoms with Crippen molar-refractivity contribution in [1.29, 1.82) is 0 Å². The molecular weight excluding hydrogens is 202 g/mol. The molecule has 0 amide bonds. The second-order valence-electron chi connectivity index (χ2n) is 2.87. The Bertz CT molecular complexity index is 287. The van der Waals surface area contributed by atoms with Gasteiger partial charge in [0.25, 0.3) is 0 Å². The molecule has 0 aliphatic rings. The van der Waals surface area contributed by atoms with Gasteiger partial charge in [0, 0.05) is 0 Å². The van der Waals surface area contributed by atoms with Gasteiger partial charge in [-0.15, -0.1) is 11.6 Å². The SMILES string of the molecule is NC(Cl)CC(=O)OCc1ccccc1. The van der Waals surface area contributed by atoms with Crippen LogP contribution < -0.4 is 5.73 Å². The molecule has 4 heteroatoms. The first-order valence-electron chi connectivity index (χ1n) is 4.27. The molecule has 0 heterocycles. The van der Waals surface area contributed by atoms with Gasteiger partial charge in [0.1, 0.15) is 6.61 Å². The molecule has 1 aromatic carbocycles. The maximum Gasteiger partial charge on any atom is 0.308 e. The number of hydrogen-bond donors (Lipinski definition) is 1. The summed E-state index contributed by atoms with van der Waals surface area (Å²) in [6, 6.07) is 9.44. The Morgan fingerprint density at radius 3 is 2.64 bits per heavy atom. The van der Waals surface area contributed by atoms with Crippen molar-refractivity contribution in [2.24, 2.45) is 5.73 Å². The Kier molecular flexibility index (Phi) is 4.43. The Labute approximate surface area is 87.8 Å². The normalized spacial score (nSPS) is 12.1. The molecule has 0 fully saturated rings. The average Bonchev–Trinajstić information content (AvgIpc) is 2.15. The average molecular weight is 214 g/mol. The summed E-state index contributed by atoms with van der Waals surface area (Å²) in [5.74, 6) is -0.378. The van der Waals surface area contributed by atoms with Crippen molar-refractivity contribution in [2.45, 2.75) is 18.5 Å². The van der Waals surface area contributed by atoms with E-state index >= 15 is 0 Å². The van der Waals surface area contributed by atoms with E-state index in [9.17, 15) is 4.79 Å². The molecule has 1 atom stereocenters. The largest absolute Gasteiger partial charge is 0.461 e. The van der Waals surface area contributed by atoms with Crippen LogP contribution in [0.15, 0.2) is 30.3 Å². The summed E-state index contributed by atoms with van der Waals surface area (Å²) in [6.07, 6.45) is 0.0361. The topological polar surface area (TPSA) is 52.3 Å². The smallest absolute Gasteiger partial charge is 0.308 e. The Balaban J connectivity index is 2.31. The maximum absolute atomic E-state index is 11.0. The Morgan fingerprint density at radius 1 is 1.43 bits per heavy atom. The van der Waals surface area contributed by atoms with Crippen LogP contribution in [0.3, 0.4) is 0 Å². The van der Waals surface area contributed by atoms with E-state index in [1.54, 1.807) is 0 Å². The van der Waals surface area contributed by atoms with Crippen molar-refractivity contribution in [3.05, 3.63) is 35.9 Å². The van der Waals surface area contributed by atoms with Crippen molar-refractivity contribution in [2.75, 3.05) is 0 Å². The fourth-order valence-corrected chi connectivity index (χ4v) is 1.08. The fourth-order valence-electron chi connectivity index (χ4n) is 0.956. The minimum Gasteiger partial charge on any atom is -0.461 e. The van der Waals surface area contributed by atoms with E-state index in [1.165, 1.54) is 0 Å². The molecule has 0 bridgehead atoms. The molecule has 76 valence electrons. The zero-order valence-corrected chi connectivity index (χ0v) is 8.41. The number of halogens is 1. The molecule has 1 aromatic rings. The molecule has 0 saturated heterocycles. The second-order valence-corrected chi connectivity index (χ2v) is 3.43. The van der Waals surface area contributed by atoms with Crippen molar-refractivity contribution in [3.8, 4) is 0 Å². The Morgan fingerprint density at radius 2 is 2.07 bits per heavy atom. The number of esters is 1. The van der Waals surface area contributed by atoms with Crippen LogP contribution in [0.25, 0.3) is 0 Å². The highest BCUT2D eigenvalue weighted by atomic mass is 35.5. The van der Waals surface area contributed by atoms with E-state index < -0.39 is 5.50 Å². The van der Waals surface area contributed by atoms with Gasteiger partial charge in [0.05, 0.1) is 11.9 Å². The van der Waals surface area contributed by atoms with Gasteiger partial charge < -0.3 is 10.5 Å². The predicted octanol–water partition coefficient (Wildman–Crippen LogP) is 1.64. The maximum atomic E-state index is 11.0. The van der Waals surface area contributed by atoms with Gasteiger partial charge in [-0.1, -0.05) is 30.3 Å². The molecule has 0 aliphatic heterocycles. The van der Waals surface area contributed by atoms with Crippen molar-refractivity contribution in [3.63, 3.8) is 0 Å². The number of carbonyl (C=O) groups excluding carboxylic acids is 1. The lowest BCUT2D eigenvalue weighted by Crippen LogP contribution is -2.18. The summed E-state index contributed by atoms with van der Waals surface area (Å²) in [4.78, 5) is 11.0. The van der Waals surface area contributed by atoms with E-state index in [0.717, 1.165) is 5.56 Å². The lowest BCUT2D eigenvalue weighted by molar-refractivity contribution is -0.144. The summed E-state index contributed by atoms with van der Waals surface area (Å²) in [5.41, 5.74) is 5.51. The lowest BCUT2D eigenvalue weighted by atomic mass is 10.2. The van der Waals surface area contributed by atoms with Crippen LogP contribution in [0, 0.1) is 0 Å². The van der Waals surface area contributed by atoms with E-state index in [0.29, 0.717) is 0 Å². The molecule has 14 heavy (non-hydrogen) atoms. The van der Waals surface area contributed by atoms with Crippen LogP contribution >= 0.6 is 11.6 Å². The summed E-state index contributed by atoms with van der Waals surface area (Å²) < 4.78 is 4.94. The van der Waals surface area contributed by atoms with Gasteiger partial charge >= 0.3 is 5.97 Å². The number of nitrogens with two attached hydrogens (primary N) is 1. The van der Waals surface area contributed by atoms with Crippen LogP contribution in [0.1, 0.15) is 12.0 Å². The van der Waals surface area contributed by atoms with Crippen LogP contribution in [-0.2, 0) is 16.1 Å². The molecule has 0 aliphatic carbocycles. The number of ether oxygens (including phenoxy) is 1. The minimum absolute atomic E-state index is 0.0361. The lowest BCUT2D eigenvalue weighted by Gasteiger charge is -2.05. The van der Waals surface area contributed by atoms with E-state index in [4.69, 9.17) is 22.1 Å². The van der Waals surface area contributed by atoms with E-state index in [-0.39, 0.29) is 19.0 Å². The molecule has 0 spiro atoms. The van der Waals surface area contributed by atoms with Gasteiger partial charge in [0.2, 0.25) is 0 Å². The number of benzene rings is 1. The molecule has 2 N–H and O–H groups in total. The molecule has 3 nitrogen and oxygen atoms in total. The summed E-state index contributed by atoms with van der Waals surface area (Å²) >= 11 is 5.43. The molecule has 1 unspecified atom stereocenters. The number of rotatable bonds is 4. The first-order valence-corrected chi connectivity index (χ1v) is 4.71. The standard InChI is InChI=1S/C10H12ClNO2/c11-9(12)6-10(13)14-7-8-4-2-1-3-5-8/h1-5,9H,6-7,12H2. The van der Waals surface area contributed by atoms with Crippen molar-refractivity contribution < 1.29 is 9.53 Å². The van der Waals surface area contributed by atoms with Crippen molar-refractivity contribution >= 4 is 17.6 Å². The third-order valence-corrected chi connectivity index (χ3v) is 1.76. The van der Waals surface area contributed by atoms with Crippen LogP contribution in [0.5, 0.6) is 0 Å². The highest BCUT2D eigenvalue weighted by Crippen LogP contribution is 2.03. The van der Waals surface area contributed by atoms with Gasteiger partial charge in [0.15, 0.2) is 0 Å². The van der Waals surface area contributed by atoms with Crippen LogP contribution in [0.4, 0.5) is 0 Å². The van der Waals surface area contributed by atoms with E-state index in [2.05, 4.69) is 0 Å². The van der Waals surface area contributed by atoms with Gasteiger partial charge in [-0.25, -0.2) is 0 Å².